The smallest absolute Gasteiger partial charge is 0.189 e. The molecular formula is C26H24I3N5O4S. The van der Waals surface area contributed by atoms with Crippen molar-refractivity contribution in [1.29, 1.82) is 0 Å². The van der Waals surface area contributed by atoms with E-state index in [9.17, 15) is 8.42 Å². The first-order valence-corrected chi connectivity index (χ1v) is 16.7. The molecule has 1 aliphatic rings. The molecule has 0 bridgehead atoms. The van der Waals surface area contributed by atoms with Crippen LogP contribution in [-0.2, 0) is 14.6 Å². The molecule has 4 aromatic rings. The summed E-state index contributed by atoms with van der Waals surface area (Å²) in [6, 6.07) is 16.7. The average Bonchev–Trinajstić information content (AvgIpc) is 3.43. The molecule has 2 aromatic carbocycles. The molecule has 2 aromatic heterocycles. The first-order valence-electron chi connectivity index (χ1n) is 12.0. The third-order valence-corrected chi connectivity index (χ3v) is 12.8. The maximum Gasteiger partial charge on any atom is 0.189 e. The van der Waals surface area contributed by atoms with E-state index in [2.05, 4.69) is 100 Å². The number of ether oxygens (including phenoxy) is 1. The number of anilines is 1. The van der Waals surface area contributed by atoms with Crippen molar-refractivity contribution < 1.29 is 17.7 Å². The maximum absolute atomic E-state index is 13.0. The fraction of sp³-hybridized carbons (Fsp3) is 0.269. The van der Waals surface area contributed by atoms with Crippen molar-refractivity contribution in [2.45, 2.75) is 22.5 Å². The van der Waals surface area contributed by atoms with Gasteiger partial charge in [-0.05, 0) is 24.6 Å². The van der Waals surface area contributed by atoms with Crippen molar-refractivity contribution in [3.8, 4) is 34.0 Å². The molecule has 0 amide bonds. The van der Waals surface area contributed by atoms with Crippen LogP contribution < -0.4 is 11.1 Å². The van der Waals surface area contributed by atoms with Crippen LogP contribution in [0, 0.1) is 0 Å². The highest BCUT2D eigenvalue weighted by molar-refractivity contribution is 14.3. The van der Waals surface area contributed by atoms with Crippen molar-refractivity contribution in [3.63, 3.8) is 0 Å². The number of halogens is 3. The van der Waals surface area contributed by atoms with Crippen LogP contribution in [0.15, 0.2) is 70.2 Å². The molecule has 13 heteroatoms. The maximum atomic E-state index is 13.0. The van der Waals surface area contributed by atoms with E-state index in [1.165, 1.54) is 0 Å². The van der Waals surface area contributed by atoms with Gasteiger partial charge in [0.05, 0.1) is 41.3 Å². The molecule has 0 saturated carbocycles. The number of nitrogens with two attached hydrogens (primary N) is 1. The molecule has 39 heavy (non-hydrogen) atoms. The van der Waals surface area contributed by atoms with Crippen LogP contribution >= 0.6 is 67.8 Å². The number of nitrogen functional groups attached to an aromatic ring is 1. The summed E-state index contributed by atoms with van der Waals surface area (Å²) < 4.78 is 36.8. The van der Waals surface area contributed by atoms with Crippen molar-refractivity contribution in [2.24, 2.45) is 0 Å². The molecule has 0 radical (unpaired) electrons. The summed E-state index contributed by atoms with van der Waals surface area (Å²) >= 11 is 6.42. The van der Waals surface area contributed by atoms with Gasteiger partial charge in [-0.1, -0.05) is 109 Å². The zero-order valence-corrected chi connectivity index (χ0v) is 27.9. The van der Waals surface area contributed by atoms with E-state index in [0.29, 0.717) is 35.0 Å². The fourth-order valence-corrected chi connectivity index (χ4v) is 8.39. The van der Waals surface area contributed by atoms with Gasteiger partial charge in [0.15, 0.2) is 27.1 Å². The molecule has 1 fully saturated rings. The van der Waals surface area contributed by atoms with Gasteiger partial charge in [0.2, 0.25) is 0 Å². The van der Waals surface area contributed by atoms with Crippen LogP contribution in [0.5, 0.6) is 0 Å². The predicted molar refractivity (Wildman–Crippen MR) is 176 cm³/mol. The van der Waals surface area contributed by atoms with E-state index in [0.717, 1.165) is 24.3 Å². The van der Waals surface area contributed by atoms with Crippen LogP contribution in [0.25, 0.3) is 34.0 Å². The van der Waals surface area contributed by atoms with Crippen molar-refractivity contribution in [2.75, 3.05) is 25.5 Å². The number of hydrogen-bond acceptors (Lipinski definition) is 9. The predicted octanol–water partition coefficient (Wildman–Crippen LogP) is 5.83. The third kappa shape index (κ3) is 6.42. The molecule has 1 aliphatic heterocycles. The van der Waals surface area contributed by atoms with Crippen molar-refractivity contribution in [3.05, 3.63) is 66.4 Å². The number of nitrogens with zero attached hydrogens (tertiary/aromatic N) is 3. The standard InChI is InChI=1S/C26H24I3N5O4S/c1-15(26(27,28)29)39(35,36)19-8-6-17(7-9-19)21-13-32-25(30)24(33-21)23-12-20(34-38-23)16-2-4-18(5-3-16)22-14-37-11-10-31-22/h2-9,12-13,15,22,31H,10-11,14H2,1H3,(H2,30,32)/t15?,22-/m0/s1. The minimum absolute atomic E-state index is 0.175. The lowest BCUT2D eigenvalue weighted by atomic mass is 10.0. The Hall–Kier alpha value is -1.41. The van der Waals surface area contributed by atoms with Gasteiger partial charge in [-0.15, -0.1) is 0 Å². The Morgan fingerprint density at radius 2 is 1.72 bits per heavy atom. The minimum Gasteiger partial charge on any atom is -0.382 e. The van der Waals surface area contributed by atoms with Gasteiger partial charge in [0.25, 0.3) is 0 Å². The van der Waals surface area contributed by atoms with Crippen LogP contribution in [0.4, 0.5) is 5.82 Å². The summed E-state index contributed by atoms with van der Waals surface area (Å²) in [4.78, 5) is 9.22. The summed E-state index contributed by atoms with van der Waals surface area (Å²) in [5, 5.41) is 7.09. The SMILES string of the molecule is CC(C(I)(I)I)S(=O)(=O)c1ccc(-c2cnc(N)c(-c3cc(-c4ccc([C@@H]5COCCN5)cc4)no3)n2)cc1. The second-order valence-electron chi connectivity index (χ2n) is 9.02. The molecule has 2 atom stereocenters. The fourth-order valence-electron chi connectivity index (χ4n) is 4.10. The van der Waals surface area contributed by atoms with E-state index in [-0.39, 0.29) is 16.8 Å². The van der Waals surface area contributed by atoms with Crippen molar-refractivity contribution >= 4 is 83.4 Å². The van der Waals surface area contributed by atoms with Crippen LogP contribution in [0.2, 0.25) is 0 Å². The molecule has 5 rings (SSSR count). The highest BCUT2D eigenvalue weighted by atomic mass is 127. The number of morpholine rings is 1. The lowest BCUT2D eigenvalue weighted by molar-refractivity contribution is 0.0769. The largest absolute Gasteiger partial charge is 0.382 e. The molecule has 3 N–H and O–H groups in total. The highest BCUT2D eigenvalue weighted by Gasteiger charge is 2.38. The lowest BCUT2D eigenvalue weighted by Gasteiger charge is -2.24. The summed E-state index contributed by atoms with van der Waals surface area (Å²) in [5.74, 6) is 0.592. The van der Waals surface area contributed by atoms with Gasteiger partial charge in [0.1, 0.15) is 5.13 Å². The molecule has 204 valence electrons. The summed E-state index contributed by atoms with van der Waals surface area (Å²) in [5.41, 5.74) is 10.4. The number of benzene rings is 2. The second kappa shape index (κ2) is 11.8. The summed E-state index contributed by atoms with van der Waals surface area (Å²) in [6.45, 7) is 3.93. The van der Waals surface area contributed by atoms with E-state index in [1.54, 1.807) is 43.5 Å². The Morgan fingerprint density at radius 1 is 1.05 bits per heavy atom. The average molecular weight is 883 g/mol. The molecule has 9 nitrogen and oxygen atoms in total. The van der Waals surface area contributed by atoms with E-state index in [4.69, 9.17) is 15.0 Å². The summed E-state index contributed by atoms with van der Waals surface area (Å²) in [7, 11) is -3.50. The number of sulfone groups is 1. The zero-order valence-electron chi connectivity index (χ0n) is 20.6. The number of alkyl halides is 3. The van der Waals surface area contributed by atoms with E-state index < -0.39 is 14.5 Å². The number of nitrogens with one attached hydrogen (secondary N) is 1. The van der Waals surface area contributed by atoms with E-state index >= 15 is 0 Å². The third-order valence-electron chi connectivity index (χ3n) is 6.48. The Balaban J connectivity index is 1.38. The number of rotatable bonds is 7. The van der Waals surface area contributed by atoms with Gasteiger partial charge < -0.3 is 20.3 Å². The van der Waals surface area contributed by atoms with Gasteiger partial charge in [-0.2, -0.15) is 0 Å². The van der Waals surface area contributed by atoms with Crippen molar-refractivity contribution in [1.82, 2.24) is 20.4 Å². The molecule has 1 unspecified atom stereocenters. The molecule has 0 aliphatic carbocycles. The molecular weight excluding hydrogens is 859 g/mol. The monoisotopic (exact) mass is 883 g/mol. The molecule has 0 spiro atoms. The molecule has 3 heterocycles. The first-order chi connectivity index (χ1) is 18.5. The highest BCUT2D eigenvalue weighted by Crippen LogP contribution is 2.43. The number of aromatic nitrogens is 3. The Bertz CT molecular complexity index is 1570. The summed E-state index contributed by atoms with van der Waals surface area (Å²) in [6.07, 6.45) is 1.55. The quantitative estimate of drug-likeness (QED) is 0.174. The van der Waals surface area contributed by atoms with Gasteiger partial charge in [0, 0.05) is 23.7 Å². The zero-order chi connectivity index (χ0) is 27.8. The molecule has 1 saturated heterocycles. The lowest BCUT2D eigenvalue weighted by Crippen LogP contribution is -2.34. The van der Waals surface area contributed by atoms with Gasteiger partial charge in [-0.25, -0.2) is 18.4 Å². The van der Waals surface area contributed by atoms with Crippen LogP contribution in [0.3, 0.4) is 0 Å². The second-order valence-corrected chi connectivity index (χ2v) is 22.6. The topological polar surface area (TPSA) is 133 Å². The first kappa shape index (κ1) is 29.1. The van der Waals surface area contributed by atoms with Gasteiger partial charge in [-0.3, -0.25) is 0 Å². The normalized spacial score (nSPS) is 17.2. The van der Waals surface area contributed by atoms with Crippen LogP contribution in [-0.4, -0.2) is 48.0 Å². The van der Waals surface area contributed by atoms with E-state index in [1.807, 2.05) is 12.1 Å². The number of hydrogen-bond donors (Lipinski definition) is 2. The minimum atomic E-state index is -3.50. The Morgan fingerprint density at radius 3 is 2.36 bits per heavy atom. The van der Waals surface area contributed by atoms with Crippen LogP contribution in [0.1, 0.15) is 18.5 Å². The van der Waals surface area contributed by atoms with Gasteiger partial charge >= 0.3 is 0 Å². The Kier molecular flexibility index (Phi) is 8.83. The Labute approximate surface area is 267 Å².